The molecule has 0 aliphatic heterocycles. The standard InChI is InChI=1S/C17H17N3O3/c1-9-4-5-20(16(21)15(9)17(22)23)8-14-18-12-6-10(2)11(3)7-13(12)19-14/h4-7H,8H2,1-3H3,(H,18,19)(H,22,23). The number of rotatable bonds is 3. The van der Waals surface area contributed by atoms with Crippen molar-refractivity contribution in [2.45, 2.75) is 27.3 Å². The number of benzene rings is 1. The number of fused-ring (bicyclic) bond motifs is 1. The maximum Gasteiger partial charge on any atom is 0.341 e. The molecule has 0 saturated carbocycles. The number of aromatic nitrogens is 3. The number of aromatic carboxylic acids is 1. The lowest BCUT2D eigenvalue weighted by molar-refractivity contribution is 0.0693. The van der Waals surface area contributed by atoms with E-state index in [0.717, 1.165) is 22.2 Å². The molecule has 2 N–H and O–H groups in total. The third-order valence-electron chi connectivity index (χ3n) is 4.05. The Morgan fingerprint density at radius 1 is 1.22 bits per heavy atom. The SMILES string of the molecule is Cc1cc2nc(Cn3ccc(C)c(C(=O)O)c3=O)[nH]c2cc1C. The maximum absolute atomic E-state index is 12.3. The zero-order valence-corrected chi connectivity index (χ0v) is 13.2. The van der Waals surface area contributed by atoms with E-state index in [4.69, 9.17) is 0 Å². The molecule has 2 heterocycles. The van der Waals surface area contributed by atoms with Crippen molar-refractivity contribution >= 4 is 17.0 Å². The highest BCUT2D eigenvalue weighted by atomic mass is 16.4. The van der Waals surface area contributed by atoms with Crippen molar-refractivity contribution in [3.8, 4) is 0 Å². The Bertz CT molecular complexity index is 944. The van der Waals surface area contributed by atoms with Crippen molar-refractivity contribution in [3.05, 3.63) is 62.8 Å². The quantitative estimate of drug-likeness (QED) is 0.777. The summed E-state index contributed by atoms with van der Waals surface area (Å²) in [4.78, 5) is 31.2. The van der Waals surface area contributed by atoms with Crippen LogP contribution in [0.1, 0.15) is 32.9 Å². The van der Waals surface area contributed by atoms with Crippen LogP contribution in [0, 0.1) is 20.8 Å². The molecule has 3 rings (SSSR count). The number of pyridine rings is 1. The van der Waals surface area contributed by atoms with Crippen molar-refractivity contribution < 1.29 is 9.90 Å². The molecule has 0 aliphatic carbocycles. The molecule has 0 aliphatic rings. The van der Waals surface area contributed by atoms with E-state index >= 15 is 0 Å². The fourth-order valence-electron chi connectivity index (χ4n) is 2.61. The van der Waals surface area contributed by atoms with Crippen molar-refractivity contribution in [1.82, 2.24) is 14.5 Å². The molecule has 0 amide bonds. The average Bonchev–Trinajstić information content (AvgIpc) is 2.83. The van der Waals surface area contributed by atoms with Gasteiger partial charge in [0, 0.05) is 6.20 Å². The first-order valence-corrected chi connectivity index (χ1v) is 7.26. The van der Waals surface area contributed by atoms with Crippen LogP contribution in [0.3, 0.4) is 0 Å². The van der Waals surface area contributed by atoms with Gasteiger partial charge in [0.05, 0.1) is 17.6 Å². The zero-order chi connectivity index (χ0) is 16.7. The Kier molecular flexibility index (Phi) is 3.52. The number of carboxylic acid groups (broad SMARTS) is 1. The van der Waals surface area contributed by atoms with Gasteiger partial charge in [-0.25, -0.2) is 9.78 Å². The lowest BCUT2D eigenvalue weighted by Crippen LogP contribution is -2.27. The van der Waals surface area contributed by atoms with Crippen LogP contribution in [0.2, 0.25) is 0 Å². The van der Waals surface area contributed by atoms with Gasteiger partial charge in [-0.05, 0) is 55.7 Å². The van der Waals surface area contributed by atoms with Gasteiger partial charge in [0.15, 0.2) is 0 Å². The minimum atomic E-state index is -1.21. The van der Waals surface area contributed by atoms with Crippen LogP contribution in [0.5, 0.6) is 0 Å². The van der Waals surface area contributed by atoms with E-state index in [0.29, 0.717) is 11.4 Å². The summed E-state index contributed by atoms with van der Waals surface area (Å²) in [5.74, 6) is -0.593. The molecule has 2 aromatic heterocycles. The van der Waals surface area contributed by atoms with Crippen molar-refractivity contribution in [2.24, 2.45) is 0 Å². The first kappa shape index (κ1) is 15.0. The summed E-state index contributed by atoms with van der Waals surface area (Å²) in [6, 6.07) is 5.63. The highest BCUT2D eigenvalue weighted by molar-refractivity contribution is 5.88. The van der Waals surface area contributed by atoms with Gasteiger partial charge < -0.3 is 14.7 Å². The predicted molar refractivity (Wildman–Crippen MR) is 87.1 cm³/mol. The normalized spacial score (nSPS) is 11.1. The van der Waals surface area contributed by atoms with Gasteiger partial charge in [-0.2, -0.15) is 0 Å². The second kappa shape index (κ2) is 5.39. The van der Waals surface area contributed by atoms with Gasteiger partial charge in [0.2, 0.25) is 0 Å². The van der Waals surface area contributed by atoms with Crippen LogP contribution in [0.15, 0.2) is 29.2 Å². The number of carboxylic acids is 1. The molecule has 0 atom stereocenters. The summed E-state index contributed by atoms with van der Waals surface area (Å²) in [6.07, 6.45) is 1.59. The Morgan fingerprint density at radius 2 is 1.91 bits per heavy atom. The number of nitrogens with zero attached hydrogens (tertiary/aromatic N) is 2. The van der Waals surface area contributed by atoms with Gasteiger partial charge in [0.25, 0.3) is 5.56 Å². The third kappa shape index (κ3) is 2.63. The van der Waals surface area contributed by atoms with E-state index in [1.165, 1.54) is 4.57 Å². The van der Waals surface area contributed by atoms with Gasteiger partial charge in [0.1, 0.15) is 11.4 Å². The summed E-state index contributed by atoms with van der Waals surface area (Å²) < 4.78 is 1.36. The second-order valence-corrected chi connectivity index (χ2v) is 5.75. The molecule has 0 unspecified atom stereocenters. The monoisotopic (exact) mass is 311 g/mol. The Balaban J connectivity index is 2.04. The van der Waals surface area contributed by atoms with Crippen molar-refractivity contribution in [1.29, 1.82) is 0 Å². The molecule has 23 heavy (non-hydrogen) atoms. The summed E-state index contributed by atoms with van der Waals surface area (Å²) in [7, 11) is 0. The first-order chi connectivity index (χ1) is 10.9. The van der Waals surface area contributed by atoms with E-state index < -0.39 is 11.5 Å². The summed E-state index contributed by atoms with van der Waals surface area (Å²) >= 11 is 0. The summed E-state index contributed by atoms with van der Waals surface area (Å²) in [5.41, 5.74) is 3.78. The predicted octanol–water partition coefficient (Wildman–Crippen LogP) is 2.40. The number of aromatic amines is 1. The van der Waals surface area contributed by atoms with Crippen LogP contribution in [-0.2, 0) is 6.54 Å². The molecule has 6 nitrogen and oxygen atoms in total. The first-order valence-electron chi connectivity index (χ1n) is 7.26. The van der Waals surface area contributed by atoms with Gasteiger partial charge >= 0.3 is 5.97 Å². The molecule has 6 heteroatoms. The Labute approximate surface area is 132 Å². The fraction of sp³-hybridized carbons (Fsp3) is 0.235. The van der Waals surface area contributed by atoms with Crippen LogP contribution in [0.25, 0.3) is 11.0 Å². The van der Waals surface area contributed by atoms with Crippen LogP contribution in [0.4, 0.5) is 0 Å². The second-order valence-electron chi connectivity index (χ2n) is 5.75. The molecule has 0 spiro atoms. The lowest BCUT2D eigenvalue weighted by atomic mass is 10.1. The molecule has 3 aromatic rings. The van der Waals surface area contributed by atoms with E-state index in [9.17, 15) is 14.7 Å². The van der Waals surface area contributed by atoms with Crippen LogP contribution < -0.4 is 5.56 Å². The smallest absolute Gasteiger partial charge is 0.341 e. The number of imidazole rings is 1. The number of hydrogen-bond donors (Lipinski definition) is 2. The van der Waals surface area contributed by atoms with E-state index in [2.05, 4.69) is 9.97 Å². The number of H-pyrrole nitrogens is 1. The number of nitrogens with one attached hydrogen (secondary N) is 1. The van der Waals surface area contributed by atoms with Gasteiger partial charge in [-0.15, -0.1) is 0 Å². The zero-order valence-electron chi connectivity index (χ0n) is 13.2. The maximum atomic E-state index is 12.3. The molecule has 0 fully saturated rings. The lowest BCUT2D eigenvalue weighted by Gasteiger charge is -2.06. The third-order valence-corrected chi connectivity index (χ3v) is 4.05. The van der Waals surface area contributed by atoms with Gasteiger partial charge in [-0.1, -0.05) is 0 Å². The van der Waals surface area contributed by atoms with Gasteiger partial charge in [-0.3, -0.25) is 4.79 Å². The van der Waals surface area contributed by atoms with E-state index in [1.807, 2.05) is 26.0 Å². The highest BCUT2D eigenvalue weighted by Crippen LogP contribution is 2.17. The number of carbonyl (C=O) groups is 1. The van der Waals surface area contributed by atoms with Crippen molar-refractivity contribution in [3.63, 3.8) is 0 Å². The molecular formula is C17H17N3O3. The number of hydrogen-bond acceptors (Lipinski definition) is 3. The molecule has 0 radical (unpaired) electrons. The topological polar surface area (TPSA) is 88.0 Å². The van der Waals surface area contributed by atoms with Crippen LogP contribution in [-0.4, -0.2) is 25.6 Å². The minimum absolute atomic E-state index is 0.199. The van der Waals surface area contributed by atoms with Crippen molar-refractivity contribution in [2.75, 3.05) is 0 Å². The summed E-state index contributed by atoms with van der Waals surface area (Å²) in [6.45, 7) is 5.86. The fourth-order valence-corrected chi connectivity index (χ4v) is 2.61. The minimum Gasteiger partial charge on any atom is -0.477 e. The average molecular weight is 311 g/mol. The molecule has 0 saturated heterocycles. The van der Waals surface area contributed by atoms with E-state index in [1.54, 1.807) is 19.2 Å². The highest BCUT2D eigenvalue weighted by Gasteiger charge is 2.15. The number of aryl methyl sites for hydroxylation is 3. The van der Waals surface area contributed by atoms with Crippen LogP contribution >= 0.6 is 0 Å². The largest absolute Gasteiger partial charge is 0.477 e. The summed E-state index contributed by atoms with van der Waals surface area (Å²) in [5, 5.41) is 9.18. The molecular weight excluding hydrogens is 294 g/mol. The molecule has 118 valence electrons. The molecule has 0 bridgehead atoms. The van der Waals surface area contributed by atoms with E-state index in [-0.39, 0.29) is 12.1 Å². The Morgan fingerprint density at radius 3 is 2.61 bits per heavy atom. The molecule has 1 aromatic carbocycles. The Hall–Kier alpha value is -2.89.